The number of carboxylic acids is 1. The van der Waals surface area contributed by atoms with Crippen LogP contribution >= 0.6 is 11.6 Å². The highest BCUT2D eigenvalue weighted by molar-refractivity contribution is 6.32. The quantitative estimate of drug-likeness (QED) is 0.482. The van der Waals surface area contributed by atoms with Gasteiger partial charge in [-0.25, -0.2) is 9.78 Å². The minimum Gasteiger partial charge on any atom is -0.493 e. The Hall–Kier alpha value is -3.39. The summed E-state index contributed by atoms with van der Waals surface area (Å²) in [5, 5.41) is 14.3. The van der Waals surface area contributed by atoms with Gasteiger partial charge in [-0.15, -0.1) is 0 Å². The minimum atomic E-state index is -1.12. The summed E-state index contributed by atoms with van der Waals surface area (Å²) in [6, 6.07) is 10.5. The fourth-order valence-corrected chi connectivity index (χ4v) is 4.42. The van der Waals surface area contributed by atoms with Gasteiger partial charge in [-0.3, -0.25) is 4.79 Å². The Morgan fingerprint density at radius 3 is 2.71 bits per heavy atom. The molecule has 1 aliphatic carbocycles. The highest BCUT2D eigenvalue weighted by Gasteiger charge is 2.23. The Bertz CT molecular complexity index is 1300. The van der Waals surface area contributed by atoms with Crippen LogP contribution in [0.1, 0.15) is 56.3 Å². The van der Waals surface area contributed by atoms with Gasteiger partial charge in [0.1, 0.15) is 5.82 Å². The highest BCUT2D eigenvalue weighted by Crippen LogP contribution is 2.37. The van der Waals surface area contributed by atoms with Crippen LogP contribution in [0.25, 0.3) is 10.9 Å². The van der Waals surface area contributed by atoms with Gasteiger partial charge in [0.15, 0.2) is 17.6 Å². The fourth-order valence-electron chi connectivity index (χ4n) is 4.16. The van der Waals surface area contributed by atoms with E-state index in [0.29, 0.717) is 22.3 Å². The van der Waals surface area contributed by atoms with E-state index in [1.165, 1.54) is 31.3 Å². The highest BCUT2D eigenvalue weighted by atomic mass is 35.5. The van der Waals surface area contributed by atoms with E-state index < -0.39 is 12.1 Å². The number of nitrogens with zero attached hydrogens (tertiary/aromatic N) is 3. The average Bonchev–Trinajstić information content (AvgIpc) is 2.85. The van der Waals surface area contributed by atoms with Crippen LogP contribution < -0.4 is 15.0 Å². The molecule has 1 fully saturated rings. The lowest BCUT2D eigenvalue weighted by Crippen LogP contribution is -2.25. The van der Waals surface area contributed by atoms with Gasteiger partial charge in [-0.1, -0.05) is 43.0 Å². The van der Waals surface area contributed by atoms with E-state index in [9.17, 15) is 9.59 Å². The number of carbonyl (C=O) groups is 1. The molecule has 0 radical (unpaired) electrons. The zero-order valence-electron chi connectivity index (χ0n) is 19.0. The van der Waals surface area contributed by atoms with E-state index >= 15 is 0 Å². The number of rotatable bonds is 7. The maximum absolute atomic E-state index is 13.3. The molecule has 1 aliphatic rings. The smallest absolute Gasteiger partial charge is 0.344 e. The van der Waals surface area contributed by atoms with Crippen molar-refractivity contribution in [1.29, 1.82) is 0 Å². The molecule has 4 rings (SSSR count). The maximum atomic E-state index is 13.3. The normalized spacial score (nSPS) is 15.5. The number of hydrogen-bond acceptors (Lipinski definition) is 6. The number of carboxylic acid groups (broad SMARTS) is 1. The standard InChI is InChI=1S/C25H26ClN3O5/c1-15(25(31)32)34-22-19(26)12-16(13-21(22)33-2)14-27-29-23(17-8-4-3-5-9-17)28-20-11-7-6-10-18(20)24(29)30/h6-7,10-15,17H,3-5,8-9H2,1-2H3,(H,31,32)/t15-/m1/s1. The van der Waals surface area contributed by atoms with Crippen molar-refractivity contribution in [2.75, 3.05) is 7.11 Å². The van der Waals surface area contributed by atoms with Crippen molar-refractivity contribution in [2.24, 2.45) is 5.10 Å². The molecule has 0 saturated heterocycles. The van der Waals surface area contributed by atoms with Crippen molar-refractivity contribution < 1.29 is 19.4 Å². The lowest BCUT2D eigenvalue weighted by molar-refractivity contribution is -0.144. The molecule has 3 aromatic rings. The van der Waals surface area contributed by atoms with E-state index in [1.807, 2.05) is 12.1 Å². The average molecular weight is 484 g/mol. The number of benzene rings is 2. The third-order valence-corrected chi connectivity index (χ3v) is 6.25. The summed E-state index contributed by atoms with van der Waals surface area (Å²) >= 11 is 6.37. The van der Waals surface area contributed by atoms with Crippen LogP contribution in [0.5, 0.6) is 11.5 Å². The van der Waals surface area contributed by atoms with Gasteiger partial charge in [0, 0.05) is 5.92 Å². The molecule has 1 atom stereocenters. The number of hydrogen-bond donors (Lipinski definition) is 1. The SMILES string of the molecule is COc1cc(C=Nn2c(C3CCCCC3)nc3ccccc3c2=O)cc(Cl)c1O[C@H](C)C(=O)O. The second-order valence-corrected chi connectivity index (χ2v) is 8.72. The fraction of sp³-hybridized carbons (Fsp3) is 0.360. The van der Waals surface area contributed by atoms with Crippen LogP contribution in [0.3, 0.4) is 0 Å². The molecule has 178 valence electrons. The summed E-state index contributed by atoms with van der Waals surface area (Å²) in [6.07, 6.45) is 5.72. The molecular weight excluding hydrogens is 458 g/mol. The van der Waals surface area contributed by atoms with E-state index in [-0.39, 0.29) is 28.0 Å². The van der Waals surface area contributed by atoms with Gasteiger partial charge < -0.3 is 14.6 Å². The summed E-state index contributed by atoms with van der Waals surface area (Å²) in [5.41, 5.74) is 1.00. The predicted octanol–water partition coefficient (Wildman–Crippen LogP) is 4.84. The molecule has 8 nitrogen and oxygen atoms in total. The summed E-state index contributed by atoms with van der Waals surface area (Å²) < 4.78 is 12.2. The number of aliphatic carboxylic acids is 1. The minimum absolute atomic E-state index is 0.128. The monoisotopic (exact) mass is 483 g/mol. The zero-order valence-corrected chi connectivity index (χ0v) is 19.8. The maximum Gasteiger partial charge on any atom is 0.344 e. The van der Waals surface area contributed by atoms with Gasteiger partial charge in [-0.2, -0.15) is 9.78 Å². The third-order valence-electron chi connectivity index (χ3n) is 5.97. The number of halogens is 1. The van der Waals surface area contributed by atoms with Crippen LogP contribution in [0.15, 0.2) is 46.3 Å². The van der Waals surface area contributed by atoms with Gasteiger partial charge in [0.2, 0.25) is 0 Å². The van der Waals surface area contributed by atoms with Crippen LogP contribution in [0, 0.1) is 0 Å². The van der Waals surface area contributed by atoms with E-state index in [1.54, 1.807) is 24.3 Å². The number of para-hydroxylation sites is 1. The Balaban J connectivity index is 1.76. The molecule has 34 heavy (non-hydrogen) atoms. The summed E-state index contributed by atoms with van der Waals surface area (Å²) in [6.45, 7) is 1.40. The molecule has 9 heteroatoms. The molecule has 0 aliphatic heterocycles. The molecule has 0 unspecified atom stereocenters. The third kappa shape index (κ3) is 4.92. The van der Waals surface area contributed by atoms with Gasteiger partial charge in [-0.05, 0) is 49.6 Å². The van der Waals surface area contributed by atoms with Gasteiger partial charge in [0.25, 0.3) is 5.56 Å². The molecule has 0 spiro atoms. The summed E-state index contributed by atoms with van der Waals surface area (Å²) in [7, 11) is 1.43. The second-order valence-electron chi connectivity index (χ2n) is 8.32. The number of methoxy groups -OCH3 is 1. The molecule has 1 heterocycles. The van der Waals surface area contributed by atoms with Crippen LogP contribution in [0.2, 0.25) is 5.02 Å². The summed E-state index contributed by atoms with van der Waals surface area (Å²) in [5.74, 6) is 0.0897. The number of fused-ring (bicyclic) bond motifs is 1. The lowest BCUT2D eigenvalue weighted by atomic mass is 9.88. The first-order valence-electron chi connectivity index (χ1n) is 11.2. The number of ether oxygens (including phenoxy) is 2. The second kappa shape index (κ2) is 10.3. The first-order chi connectivity index (χ1) is 16.4. The van der Waals surface area contributed by atoms with Crippen molar-refractivity contribution in [3.8, 4) is 11.5 Å². The topological polar surface area (TPSA) is 103 Å². The Kier molecular flexibility index (Phi) is 7.17. The Labute approximate surface area is 201 Å². The molecule has 1 N–H and O–H groups in total. The Morgan fingerprint density at radius 1 is 1.26 bits per heavy atom. The van der Waals surface area contributed by atoms with E-state index in [0.717, 1.165) is 25.7 Å². The molecule has 1 saturated carbocycles. The number of aromatic nitrogens is 2. The van der Waals surface area contributed by atoms with Crippen LogP contribution in [-0.4, -0.2) is 40.2 Å². The Morgan fingerprint density at radius 2 is 2.00 bits per heavy atom. The van der Waals surface area contributed by atoms with Crippen molar-refractivity contribution in [1.82, 2.24) is 9.66 Å². The van der Waals surface area contributed by atoms with Crippen LogP contribution in [0.4, 0.5) is 0 Å². The largest absolute Gasteiger partial charge is 0.493 e. The molecule has 0 amide bonds. The lowest BCUT2D eigenvalue weighted by Gasteiger charge is -2.22. The molecule has 1 aromatic heterocycles. The first-order valence-corrected chi connectivity index (χ1v) is 11.6. The van der Waals surface area contributed by atoms with Crippen molar-refractivity contribution in [3.63, 3.8) is 0 Å². The predicted molar refractivity (Wildman–Crippen MR) is 131 cm³/mol. The molecule has 2 aromatic carbocycles. The molecular formula is C25H26ClN3O5. The van der Waals surface area contributed by atoms with Gasteiger partial charge >= 0.3 is 5.97 Å². The van der Waals surface area contributed by atoms with E-state index in [4.69, 9.17) is 31.2 Å². The molecule has 0 bridgehead atoms. The van der Waals surface area contributed by atoms with E-state index in [2.05, 4.69) is 5.10 Å². The first kappa shape index (κ1) is 23.8. The van der Waals surface area contributed by atoms with Crippen molar-refractivity contribution in [3.05, 3.63) is 63.2 Å². The zero-order chi connectivity index (χ0) is 24.2. The van der Waals surface area contributed by atoms with Crippen molar-refractivity contribution in [2.45, 2.75) is 51.0 Å². The van der Waals surface area contributed by atoms with Crippen molar-refractivity contribution >= 4 is 34.7 Å². The summed E-state index contributed by atoms with van der Waals surface area (Å²) in [4.78, 5) is 29.3. The van der Waals surface area contributed by atoms with Gasteiger partial charge in [0.05, 0.1) is 29.2 Å². The van der Waals surface area contributed by atoms with Crippen LogP contribution in [-0.2, 0) is 4.79 Å².